The molecule has 25 heavy (non-hydrogen) atoms. The maximum atomic E-state index is 13.7. The van der Waals surface area contributed by atoms with Gasteiger partial charge in [-0.15, -0.1) is 0 Å². The summed E-state index contributed by atoms with van der Waals surface area (Å²) in [7, 11) is 1.58. The number of nitrogens with zero attached hydrogens (tertiary/aromatic N) is 1. The Hall–Kier alpha value is -2.89. The maximum Gasteiger partial charge on any atom is 0.252 e. The van der Waals surface area contributed by atoms with Crippen LogP contribution in [0.4, 0.5) is 10.1 Å². The third kappa shape index (κ3) is 3.79. The predicted octanol–water partition coefficient (Wildman–Crippen LogP) is 2.62. The highest BCUT2D eigenvalue weighted by Gasteiger charge is 2.38. The lowest BCUT2D eigenvalue weighted by atomic mass is 10.1. The number of hydrogen-bond acceptors (Lipinski definition) is 4. The van der Waals surface area contributed by atoms with Crippen LogP contribution >= 0.6 is 0 Å². The highest BCUT2D eigenvalue weighted by molar-refractivity contribution is 6.06. The van der Waals surface area contributed by atoms with E-state index in [1.165, 1.54) is 11.0 Å². The van der Waals surface area contributed by atoms with Crippen molar-refractivity contribution in [2.75, 3.05) is 19.0 Å². The summed E-state index contributed by atoms with van der Waals surface area (Å²) in [4.78, 5) is 25.8. The van der Waals surface area contributed by atoms with E-state index in [1.54, 1.807) is 49.6 Å². The topological polar surface area (TPSA) is 58.6 Å². The summed E-state index contributed by atoms with van der Waals surface area (Å²) in [6.45, 7) is 0.180. The van der Waals surface area contributed by atoms with Crippen molar-refractivity contribution < 1.29 is 18.7 Å². The van der Waals surface area contributed by atoms with E-state index >= 15 is 0 Å². The second-order valence-corrected chi connectivity index (χ2v) is 5.85. The minimum atomic E-state index is -0.596. The normalized spacial score (nSPS) is 17.0. The van der Waals surface area contributed by atoms with Crippen molar-refractivity contribution in [1.29, 1.82) is 0 Å². The summed E-state index contributed by atoms with van der Waals surface area (Å²) in [6, 6.07) is 12.9. The summed E-state index contributed by atoms with van der Waals surface area (Å²) < 4.78 is 18.8. The van der Waals surface area contributed by atoms with Gasteiger partial charge in [-0.3, -0.25) is 14.5 Å². The van der Waals surface area contributed by atoms with Crippen LogP contribution in [0.5, 0.6) is 5.75 Å². The number of methoxy groups -OCH3 is 1. The van der Waals surface area contributed by atoms with E-state index in [0.29, 0.717) is 17.7 Å². The van der Waals surface area contributed by atoms with Gasteiger partial charge in [-0.05, 0) is 42.3 Å². The molecule has 0 spiro atoms. The van der Waals surface area contributed by atoms with Crippen LogP contribution in [0, 0.1) is 5.82 Å². The molecule has 0 bridgehead atoms. The van der Waals surface area contributed by atoms with Gasteiger partial charge in [0.25, 0.3) is 5.91 Å². The van der Waals surface area contributed by atoms with Gasteiger partial charge in [0.15, 0.2) is 0 Å². The summed E-state index contributed by atoms with van der Waals surface area (Å²) >= 11 is 0. The Morgan fingerprint density at radius 2 is 1.88 bits per heavy atom. The van der Waals surface area contributed by atoms with Crippen LogP contribution in [0.1, 0.15) is 12.0 Å². The molecule has 0 unspecified atom stereocenters. The summed E-state index contributed by atoms with van der Waals surface area (Å²) in [5.74, 6) is -0.134. The zero-order valence-corrected chi connectivity index (χ0v) is 13.9. The van der Waals surface area contributed by atoms with Crippen LogP contribution in [-0.2, 0) is 16.0 Å². The third-order valence-corrected chi connectivity index (χ3v) is 4.24. The first-order valence-electron chi connectivity index (χ1n) is 8.06. The number of halogens is 1. The highest BCUT2D eigenvalue weighted by Crippen LogP contribution is 2.21. The maximum absolute atomic E-state index is 13.7. The molecule has 3 rings (SSSR count). The van der Waals surface area contributed by atoms with Gasteiger partial charge >= 0.3 is 0 Å². The lowest BCUT2D eigenvalue weighted by Gasteiger charge is -2.16. The van der Waals surface area contributed by atoms with Crippen molar-refractivity contribution in [2.45, 2.75) is 18.9 Å². The first-order chi connectivity index (χ1) is 12.1. The van der Waals surface area contributed by atoms with Gasteiger partial charge < -0.3 is 10.1 Å². The summed E-state index contributed by atoms with van der Waals surface area (Å²) in [6.07, 6.45) is 0.404. The first-order valence-corrected chi connectivity index (χ1v) is 8.06. The van der Waals surface area contributed by atoms with Crippen molar-refractivity contribution in [3.05, 3.63) is 59.9 Å². The molecule has 6 heteroatoms. The molecular weight excluding hydrogens is 323 g/mol. The molecule has 1 N–H and O–H groups in total. The Kier molecular flexibility index (Phi) is 4.97. The van der Waals surface area contributed by atoms with Crippen LogP contribution in [0.2, 0.25) is 0 Å². The van der Waals surface area contributed by atoms with Gasteiger partial charge in [0.2, 0.25) is 5.91 Å². The molecule has 2 aromatic carbocycles. The number of rotatable bonds is 6. The molecule has 0 aliphatic carbocycles. The van der Waals surface area contributed by atoms with Crippen molar-refractivity contribution in [3.8, 4) is 5.75 Å². The second-order valence-electron chi connectivity index (χ2n) is 5.85. The van der Waals surface area contributed by atoms with E-state index in [-0.39, 0.29) is 30.6 Å². The number of nitrogens with one attached hydrogen (secondary N) is 1. The number of carbonyl (C=O) groups is 2. The quantitative estimate of drug-likeness (QED) is 0.820. The van der Waals surface area contributed by atoms with E-state index in [0.717, 1.165) is 5.69 Å². The molecule has 130 valence electrons. The lowest BCUT2D eigenvalue weighted by molar-refractivity contribution is -0.138. The predicted molar refractivity (Wildman–Crippen MR) is 91.8 cm³/mol. The van der Waals surface area contributed by atoms with Gasteiger partial charge in [0, 0.05) is 12.2 Å². The number of amides is 2. The molecule has 1 fully saturated rings. The summed E-state index contributed by atoms with van der Waals surface area (Å²) in [5, 5.41) is 3.07. The minimum absolute atomic E-state index is 0.0993. The molecule has 1 aliphatic rings. The number of hydrogen-bond donors (Lipinski definition) is 1. The SMILES string of the molecule is COc1ccc(N[C@H]2CC(=O)N(CCc3ccccc3F)C2=O)cc1. The third-order valence-electron chi connectivity index (χ3n) is 4.24. The molecule has 5 nitrogen and oxygen atoms in total. The van der Waals surface area contributed by atoms with Crippen molar-refractivity contribution in [1.82, 2.24) is 4.90 Å². The number of likely N-dealkylation sites (tertiary alicyclic amines) is 1. The van der Waals surface area contributed by atoms with Crippen molar-refractivity contribution in [3.63, 3.8) is 0 Å². The van der Waals surface area contributed by atoms with Crippen LogP contribution in [0.3, 0.4) is 0 Å². The van der Waals surface area contributed by atoms with Crippen LogP contribution in [0.25, 0.3) is 0 Å². The van der Waals surface area contributed by atoms with E-state index in [1.807, 2.05) is 0 Å². The molecule has 0 radical (unpaired) electrons. The molecule has 0 saturated carbocycles. The van der Waals surface area contributed by atoms with E-state index in [4.69, 9.17) is 4.74 Å². The lowest BCUT2D eigenvalue weighted by Crippen LogP contribution is -2.36. The fraction of sp³-hybridized carbons (Fsp3) is 0.263. The molecule has 1 saturated heterocycles. The van der Waals surface area contributed by atoms with Crippen LogP contribution in [-0.4, -0.2) is 36.4 Å². The zero-order valence-electron chi connectivity index (χ0n) is 13.9. The molecule has 1 aliphatic heterocycles. The number of anilines is 1. The average Bonchev–Trinajstić information content (AvgIpc) is 2.88. The van der Waals surface area contributed by atoms with Gasteiger partial charge in [0.1, 0.15) is 17.6 Å². The van der Waals surface area contributed by atoms with E-state index in [9.17, 15) is 14.0 Å². The minimum Gasteiger partial charge on any atom is -0.497 e. The Bertz CT molecular complexity index is 776. The molecular formula is C19H19FN2O3. The van der Waals surface area contributed by atoms with Crippen LogP contribution in [0.15, 0.2) is 48.5 Å². The smallest absolute Gasteiger partial charge is 0.252 e. The highest BCUT2D eigenvalue weighted by atomic mass is 19.1. The average molecular weight is 342 g/mol. The second kappa shape index (κ2) is 7.34. The number of carbonyl (C=O) groups excluding carboxylic acids is 2. The number of ether oxygens (including phenoxy) is 1. The first kappa shape index (κ1) is 17.0. The van der Waals surface area contributed by atoms with Gasteiger partial charge in [-0.1, -0.05) is 18.2 Å². The van der Waals surface area contributed by atoms with E-state index < -0.39 is 6.04 Å². The Morgan fingerprint density at radius 1 is 1.16 bits per heavy atom. The van der Waals surface area contributed by atoms with Gasteiger partial charge in [0.05, 0.1) is 13.5 Å². The molecule has 2 amide bonds. The van der Waals surface area contributed by atoms with Gasteiger partial charge in [-0.2, -0.15) is 0 Å². The molecule has 1 atom stereocenters. The van der Waals surface area contributed by atoms with E-state index in [2.05, 4.69) is 5.32 Å². The standard InChI is InChI=1S/C19H19FN2O3/c1-25-15-8-6-14(7-9-15)21-17-12-18(23)22(19(17)24)11-10-13-4-2-3-5-16(13)20/h2-9,17,21H,10-12H2,1H3/t17-/m0/s1. The fourth-order valence-electron chi connectivity index (χ4n) is 2.85. The Labute approximate surface area is 145 Å². The molecule has 2 aromatic rings. The molecule has 0 aromatic heterocycles. The fourth-order valence-corrected chi connectivity index (χ4v) is 2.85. The van der Waals surface area contributed by atoms with Crippen molar-refractivity contribution in [2.24, 2.45) is 0 Å². The Balaban J connectivity index is 1.62. The zero-order chi connectivity index (χ0) is 17.8. The van der Waals surface area contributed by atoms with Crippen LogP contribution < -0.4 is 10.1 Å². The number of benzene rings is 2. The van der Waals surface area contributed by atoms with Crippen molar-refractivity contribution >= 4 is 17.5 Å². The Morgan fingerprint density at radius 3 is 2.56 bits per heavy atom. The largest absolute Gasteiger partial charge is 0.497 e. The molecule has 1 heterocycles. The monoisotopic (exact) mass is 342 g/mol. The van der Waals surface area contributed by atoms with Gasteiger partial charge in [-0.25, -0.2) is 4.39 Å². The number of imide groups is 1. The summed E-state index contributed by atoms with van der Waals surface area (Å²) in [5.41, 5.74) is 1.23.